The fourth-order valence-corrected chi connectivity index (χ4v) is 4.89. The molecule has 1 fully saturated rings. The van der Waals surface area contributed by atoms with E-state index >= 15 is 0 Å². The fourth-order valence-electron chi connectivity index (χ4n) is 4.61. The van der Waals surface area contributed by atoms with Crippen molar-refractivity contribution >= 4 is 33.9 Å². The van der Waals surface area contributed by atoms with E-state index in [-0.39, 0.29) is 0 Å². The zero-order valence-corrected chi connectivity index (χ0v) is 17.9. The number of anilines is 2. The Bertz CT molecular complexity index is 1080. The normalized spacial score (nSPS) is 19.3. The van der Waals surface area contributed by atoms with Crippen LogP contribution in [0, 0.1) is 0 Å². The first-order valence-electron chi connectivity index (χ1n) is 10.5. The minimum absolute atomic E-state index is 0.379. The molecule has 5 rings (SSSR count). The highest BCUT2D eigenvalue weighted by molar-refractivity contribution is 6.36. The van der Waals surface area contributed by atoms with Crippen molar-refractivity contribution in [2.45, 2.75) is 31.8 Å². The van der Waals surface area contributed by atoms with Crippen LogP contribution in [0.3, 0.4) is 0 Å². The van der Waals surface area contributed by atoms with E-state index in [2.05, 4.69) is 46.1 Å². The van der Waals surface area contributed by atoms with Crippen molar-refractivity contribution in [2.24, 2.45) is 0 Å². The van der Waals surface area contributed by atoms with Gasteiger partial charge < -0.3 is 20.3 Å². The van der Waals surface area contributed by atoms with E-state index in [1.165, 1.54) is 6.42 Å². The smallest absolute Gasteiger partial charge is 0.318 e. The number of likely N-dealkylation sites (N-methyl/N-ethyl adjacent to an activating group) is 1. The van der Waals surface area contributed by atoms with Gasteiger partial charge in [-0.2, -0.15) is 9.97 Å². The second kappa shape index (κ2) is 7.93. The van der Waals surface area contributed by atoms with Crippen molar-refractivity contribution in [3.8, 4) is 6.01 Å². The van der Waals surface area contributed by atoms with Crippen molar-refractivity contribution in [3.63, 3.8) is 0 Å². The summed E-state index contributed by atoms with van der Waals surface area (Å²) in [5.74, 6) is 0.533. The number of halogens is 1. The summed E-state index contributed by atoms with van der Waals surface area (Å²) in [6.07, 6.45) is 3.15. The van der Waals surface area contributed by atoms with Gasteiger partial charge in [-0.25, -0.2) is 0 Å². The van der Waals surface area contributed by atoms with E-state index in [9.17, 15) is 0 Å². The maximum atomic E-state index is 6.55. The molecule has 2 N–H and O–H groups in total. The number of hydrogen-bond donors (Lipinski definition) is 1. The molecule has 1 saturated heterocycles. The SMILES string of the molecule is CN1CCC[C@@H]1COc1nc(N)c2c(n1)CN(c1cccc3cccc(Cl)c13)CC2. The molecule has 156 valence electrons. The lowest BCUT2D eigenvalue weighted by atomic mass is 10.0. The Morgan fingerprint density at radius 2 is 2.00 bits per heavy atom. The van der Waals surface area contributed by atoms with Crippen molar-refractivity contribution in [1.82, 2.24) is 14.9 Å². The second-order valence-corrected chi connectivity index (χ2v) is 8.60. The van der Waals surface area contributed by atoms with Crippen LogP contribution in [0.25, 0.3) is 10.8 Å². The lowest BCUT2D eigenvalue weighted by Gasteiger charge is -2.31. The zero-order valence-electron chi connectivity index (χ0n) is 17.1. The van der Waals surface area contributed by atoms with Crippen LogP contribution >= 0.6 is 11.6 Å². The number of benzene rings is 2. The van der Waals surface area contributed by atoms with Crippen LogP contribution < -0.4 is 15.4 Å². The molecule has 0 radical (unpaired) electrons. The third kappa shape index (κ3) is 3.55. The summed E-state index contributed by atoms with van der Waals surface area (Å²) in [7, 11) is 2.14. The summed E-state index contributed by atoms with van der Waals surface area (Å²) in [4.78, 5) is 13.8. The monoisotopic (exact) mass is 423 g/mol. The number of nitrogens with two attached hydrogens (primary N) is 1. The standard InChI is InChI=1S/C23H26ClN5O/c1-28-11-4-7-16(28)14-30-23-26-19-13-29(12-10-17(19)22(25)27-23)20-9-3-6-15-5-2-8-18(24)21(15)20/h2-3,5-6,8-9,16H,4,7,10-14H2,1H3,(H2,25,26,27)/t16-/m1/s1. The summed E-state index contributed by atoms with van der Waals surface area (Å²) in [6.45, 7) is 3.21. The number of aromatic nitrogens is 2. The summed E-state index contributed by atoms with van der Waals surface area (Å²) in [5, 5.41) is 2.98. The van der Waals surface area contributed by atoms with E-state index in [1.807, 2.05) is 12.1 Å². The molecule has 30 heavy (non-hydrogen) atoms. The predicted molar refractivity (Wildman–Crippen MR) is 121 cm³/mol. The molecule has 1 atom stereocenters. The van der Waals surface area contributed by atoms with Crippen LogP contribution in [-0.4, -0.2) is 47.7 Å². The largest absolute Gasteiger partial charge is 0.462 e. The van der Waals surface area contributed by atoms with Gasteiger partial charge in [0.2, 0.25) is 0 Å². The van der Waals surface area contributed by atoms with E-state index < -0.39 is 0 Å². The highest BCUT2D eigenvalue weighted by Crippen LogP contribution is 2.35. The molecule has 0 aliphatic carbocycles. The molecule has 2 aliphatic heterocycles. The molecule has 3 heterocycles. The van der Waals surface area contributed by atoms with Gasteiger partial charge in [0.15, 0.2) is 0 Å². The first-order valence-corrected chi connectivity index (χ1v) is 10.9. The summed E-state index contributed by atoms with van der Waals surface area (Å²) < 4.78 is 5.95. The van der Waals surface area contributed by atoms with Crippen LogP contribution in [0.5, 0.6) is 6.01 Å². The van der Waals surface area contributed by atoms with Crippen LogP contribution in [0.1, 0.15) is 24.1 Å². The van der Waals surface area contributed by atoms with Crippen molar-refractivity contribution in [1.29, 1.82) is 0 Å². The maximum absolute atomic E-state index is 6.55. The molecule has 0 unspecified atom stereocenters. The van der Waals surface area contributed by atoms with Gasteiger partial charge in [-0.1, -0.05) is 35.9 Å². The highest BCUT2D eigenvalue weighted by atomic mass is 35.5. The van der Waals surface area contributed by atoms with E-state index in [0.29, 0.717) is 31.0 Å². The van der Waals surface area contributed by atoms with Crippen LogP contribution in [0.4, 0.5) is 11.5 Å². The first kappa shape index (κ1) is 19.4. The van der Waals surface area contributed by atoms with Crippen LogP contribution in [-0.2, 0) is 13.0 Å². The lowest BCUT2D eigenvalue weighted by molar-refractivity contribution is 0.187. The van der Waals surface area contributed by atoms with E-state index in [4.69, 9.17) is 27.1 Å². The Labute approximate surface area is 181 Å². The predicted octanol–water partition coefficient (Wildman–Crippen LogP) is 3.90. The molecule has 1 aromatic heterocycles. The van der Waals surface area contributed by atoms with Gasteiger partial charge in [0.1, 0.15) is 12.4 Å². The van der Waals surface area contributed by atoms with Gasteiger partial charge in [-0.05, 0) is 50.4 Å². The maximum Gasteiger partial charge on any atom is 0.318 e. The number of hydrogen-bond acceptors (Lipinski definition) is 6. The van der Waals surface area contributed by atoms with Crippen LogP contribution in [0.2, 0.25) is 5.02 Å². The average molecular weight is 424 g/mol. The van der Waals surface area contributed by atoms with E-state index in [0.717, 1.165) is 58.7 Å². The highest BCUT2D eigenvalue weighted by Gasteiger charge is 2.25. The Kier molecular flexibility index (Phi) is 5.13. The number of fused-ring (bicyclic) bond motifs is 2. The number of nitrogens with zero attached hydrogens (tertiary/aromatic N) is 4. The fraction of sp³-hybridized carbons (Fsp3) is 0.391. The van der Waals surface area contributed by atoms with Gasteiger partial charge in [0, 0.05) is 29.2 Å². The Hall–Kier alpha value is -2.57. The zero-order chi connectivity index (χ0) is 20.7. The number of likely N-dealkylation sites (tertiary alicyclic amines) is 1. The Balaban J connectivity index is 1.41. The lowest BCUT2D eigenvalue weighted by Crippen LogP contribution is -2.33. The molecule has 3 aromatic rings. The molecule has 0 saturated carbocycles. The molecule has 0 spiro atoms. The quantitative estimate of drug-likeness (QED) is 0.686. The molecule has 0 bridgehead atoms. The third-order valence-corrected chi connectivity index (χ3v) is 6.64. The summed E-state index contributed by atoms with van der Waals surface area (Å²) in [5.41, 5.74) is 9.36. The van der Waals surface area contributed by atoms with Gasteiger partial charge >= 0.3 is 6.01 Å². The van der Waals surface area contributed by atoms with Crippen molar-refractivity contribution in [2.75, 3.05) is 37.4 Å². The van der Waals surface area contributed by atoms with Crippen molar-refractivity contribution in [3.05, 3.63) is 52.7 Å². The summed E-state index contributed by atoms with van der Waals surface area (Å²) in [6, 6.07) is 13.1. The van der Waals surface area contributed by atoms with Gasteiger partial charge in [-0.3, -0.25) is 0 Å². The van der Waals surface area contributed by atoms with Crippen molar-refractivity contribution < 1.29 is 4.74 Å². The second-order valence-electron chi connectivity index (χ2n) is 8.19. The topological polar surface area (TPSA) is 67.5 Å². The molecule has 6 nitrogen and oxygen atoms in total. The number of rotatable bonds is 4. The molecular weight excluding hydrogens is 398 g/mol. The minimum Gasteiger partial charge on any atom is -0.462 e. The summed E-state index contributed by atoms with van der Waals surface area (Å²) >= 11 is 6.55. The molecule has 0 amide bonds. The number of ether oxygens (including phenoxy) is 1. The third-order valence-electron chi connectivity index (χ3n) is 6.33. The molecule has 2 aliphatic rings. The number of nitrogen functional groups attached to an aromatic ring is 1. The first-order chi connectivity index (χ1) is 14.6. The van der Waals surface area contributed by atoms with Gasteiger partial charge in [0.05, 0.1) is 17.3 Å². The van der Waals surface area contributed by atoms with E-state index in [1.54, 1.807) is 0 Å². The van der Waals surface area contributed by atoms with Crippen LogP contribution in [0.15, 0.2) is 36.4 Å². The molecular formula is C23H26ClN5O. The molecule has 2 aromatic carbocycles. The van der Waals surface area contributed by atoms with Gasteiger partial charge in [-0.15, -0.1) is 0 Å². The molecule has 7 heteroatoms. The minimum atomic E-state index is 0.379. The Morgan fingerprint density at radius 3 is 2.80 bits per heavy atom. The Morgan fingerprint density at radius 1 is 1.17 bits per heavy atom. The average Bonchev–Trinajstić information content (AvgIpc) is 3.16. The van der Waals surface area contributed by atoms with Gasteiger partial charge in [0.25, 0.3) is 0 Å².